The van der Waals surface area contributed by atoms with Gasteiger partial charge >= 0.3 is 12.1 Å². The second-order valence-electron chi connectivity index (χ2n) is 16.0. The van der Waals surface area contributed by atoms with Crippen LogP contribution in [0.4, 0.5) is 4.79 Å². The number of ketones is 1. The number of ether oxygens (including phenoxy) is 1. The average molecular weight is 651 g/mol. The lowest BCUT2D eigenvalue weighted by atomic mass is 9.46. The number of benzene rings is 2. The maximum atomic E-state index is 13.3. The molecule has 7 rings (SSSR count). The summed E-state index contributed by atoms with van der Waals surface area (Å²) in [4.78, 5) is 44.2. The summed E-state index contributed by atoms with van der Waals surface area (Å²) in [5.41, 5.74) is 7.08. The number of nitrogens with one attached hydrogen (secondary N) is 1. The fourth-order valence-corrected chi connectivity index (χ4v) is 10.7. The quantitative estimate of drug-likeness (QED) is 0.239. The SMILES string of the molecule is CC(=O)[C@H]1CC[C@H]2[C@@H]3CCC4=C/C(=N/OC(=O)[C@@H](NC(=O)OCC5c6ccccc6-c6ccccc65)C(C)C)CC[C@]4(C)[C@H]3CC[C@]12C. The minimum absolute atomic E-state index is 0.0622. The molecule has 0 aliphatic heterocycles. The van der Waals surface area contributed by atoms with Gasteiger partial charge < -0.3 is 14.9 Å². The van der Waals surface area contributed by atoms with Crippen molar-refractivity contribution in [2.75, 3.05) is 6.61 Å². The van der Waals surface area contributed by atoms with Crippen molar-refractivity contribution in [1.29, 1.82) is 0 Å². The van der Waals surface area contributed by atoms with E-state index in [4.69, 9.17) is 9.57 Å². The number of rotatable bonds is 7. The van der Waals surface area contributed by atoms with Gasteiger partial charge in [-0.1, -0.05) is 87.0 Å². The van der Waals surface area contributed by atoms with E-state index in [0.717, 1.165) is 66.5 Å². The summed E-state index contributed by atoms with van der Waals surface area (Å²) in [7, 11) is 0. The molecule has 5 aliphatic rings. The van der Waals surface area contributed by atoms with E-state index < -0.39 is 18.1 Å². The van der Waals surface area contributed by atoms with Gasteiger partial charge in [0.15, 0.2) is 0 Å². The normalized spacial score (nSPS) is 31.9. The molecule has 48 heavy (non-hydrogen) atoms. The van der Waals surface area contributed by atoms with E-state index in [1.165, 1.54) is 18.4 Å². The molecule has 0 aromatic heterocycles. The number of fused-ring (bicyclic) bond motifs is 8. The number of nitrogens with zero attached hydrogens (tertiary/aromatic N) is 1. The first-order chi connectivity index (χ1) is 23.0. The van der Waals surface area contributed by atoms with Gasteiger partial charge in [0.1, 0.15) is 18.4 Å². The highest BCUT2D eigenvalue weighted by atomic mass is 16.7. The molecule has 0 heterocycles. The average Bonchev–Trinajstić information content (AvgIpc) is 3.60. The zero-order valence-electron chi connectivity index (χ0n) is 29.1. The first kappa shape index (κ1) is 32.8. The molecule has 3 saturated carbocycles. The Bertz CT molecular complexity index is 1630. The van der Waals surface area contributed by atoms with Crippen LogP contribution in [-0.4, -0.2) is 36.2 Å². The van der Waals surface area contributed by atoms with Gasteiger partial charge in [0.05, 0.1) is 5.71 Å². The molecular formula is C41H50N2O5. The second kappa shape index (κ2) is 12.6. The lowest BCUT2D eigenvalue weighted by molar-refractivity contribution is -0.147. The molecule has 1 N–H and O–H groups in total. The van der Waals surface area contributed by atoms with Gasteiger partial charge in [0.25, 0.3) is 0 Å². The van der Waals surface area contributed by atoms with Crippen molar-refractivity contribution in [2.24, 2.45) is 45.6 Å². The Morgan fingerprint density at radius 1 is 0.896 bits per heavy atom. The Morgan fingerprint density at radius 3 is 2.25 bits per heavy atom. The van der Waals surface area contributed by atoms with Crippen LogP contribution in [0, 0.1) is 40.4 Å². The molecule has 0 bridgehead atoms. The monoisotopic (exact) mass is 650 g/mol. The number of hydrogen-bond donors (Lipinski definition) is 1. The van der Waals surface area contributed by atoms with E-state index >= 15 is 0 Å². The number of alkyl carbamates (subject to hydrolysis) is 1. The minimum Gasteiger partial charge on any atom is -0.449 e. The van der Waals surface area contributed by atoms with Crippen molar-refractivity contribution in [3.05, 3.63) is 71.3 Å². The largest absolute Gasteiger partial charge is 0.449 e. The first-order valence-corrected chi connectivity index (χ1v) is 18.1. The van der Waals surface area contributed by atoms with Crippen molar-refractivity contribution in [1.82, 2.24) is 5.32 Å². The summed E-state index contributed by atoms with van der Waals surface area (Å²) in [6.07, 6.45) is 10.00. The first-order valence-electron chi connectivity index (χ1n) is 18.1. The van der Waals surface area contributed by atoms with Crippen molar-refractivity contribution in [3.8, 4) is 11.1 Å². The van der Waals surface area contributed by atoms with Gasteiger partial charge in [-0.2, -0.15) is 0 Å². The summed E-state index contributed by atoms with van der Waals surface area (Å²) >= 11 is 0. The fourth-order valence-electron chi connectivity index (χ4n) is 10.7. The van der Waals surface area contributed by atoms with E-state index in [-0.39, 0.29) is 35.2 Å². The van der Waals surface area contributed by atoms with E-state index in [1.807, 2.05) is 38.1 Å². The number of hydrogen-bond acceptors (Lipinski definition) is 6. The van der Waals surface area contributed by atoms with Crippen molar-refractivity contribution in [3.63, 3.8) is 0 Å². The number of amides is 1. The van der Waals surface area contributed by atoms with Gasteiger partial charge in [-0.05, 0) is 121 Å². The lowest BCUT2D eigenvalue weighted by Gasteiger charge is -2.58. The zero-order valence-corrected chi connectivity index (χ0v) is 29.1. The second-order valence-corrected chi connectivity index (χ2v) is 16.0. The van der Waals surface area contributed by atoms with Crippen LogP contribution in [0.3, 0.4) is 0 Å². The number of allylic oxidation sites excluding steroid dienone is 2. The molecule has 0 radical (unpaired) electrons. The van der Waals surface area contributed by atoms with Gasteiger partial charge in [0, 0.05) is 11.8 Å². The fraction of sp³-hybridized carbons (Fsp3) is 0.561. The molecule has 0 unspecified atom stereocenters. The van der Waals surface area contributed by atoms with Crippen LogP contribution >= 0.6 is 0 Å². The number of carbonyl (C=O) groups excluding carboxylic acids is 3. The molecule has 7 nitrogen and oxygen atoms in total. The highest BCUT2D eigenvalue weighted by Crippen LogP contribution is 2.66. The van der Waals surface area contributed by atoms with Crippen LogP contribution < -0.4 is 5.32 Å². The van der Waals surface area contributed by atoms with Gasteiger partial charge in [-0.3, -0.25) is 4.79 Å². The third-order valence-electron chi connectivity index (χ3n) is 13.3. The molecule has 7 atom stereocenters. The minimum atomic E-state index is -0.885. The Morgan fingerprint density at radius 2 is 1.58 bits per heavy atom. The van der Waals surface area contributed by atoms with E-state index in [2.05, 4.69) is 54.7 Å². The molecule has 254 valence electrons. The molecule has 2 aromatic carbocycles. The molecule has 0 spiro atoms. The maximum Gasteiger partial charge on any atom is 0.407 e. The maximum absolute atomic E-state index is 13.3. The van der Waals surface area contributed by atoms with Crippen molar-refractivity contribution < 1.29 is 24.0 Å². The van der Waals surface area contributed by atoms with Crippen LogP contribution in [-0.2, 0) is 19.2 Å². The standard InChI is InChI=1S/C41H50N2O5/c1-24(2)37(42-39(46)47-23-33-30-12-8-6-10-28(30)29-11-7-9-13-31(29)33)38(45)48-43-27-18-20-40(4)26(22-27)14-15-32-35-17-16-34(25(3)44)41(35,5)21-19-36(32)40/h6-13,22,24,32-37H,14-21,23H2,1-5H3,(H,42,46)/b43-27+/t32-,34+,35-,36-,37-,40-,41+/m0/s1. The van der Waals surface area contributed by atoms with Crippen LogP contribution in [0.5, 0.6) is 0 Å². The van der Waals surface area contributed by atoms with Gasteiger partial charge in [0.2, 0.25) is 0 Å². The Hall–Kier alpha value is -3.74. The third-order valence-corrected chi connectivity index (χ3v) is 13.3. The van der Waals surface area contributed by atoms with Gasteiger partial charge in [-0.25, -0.2) is 9.59 Å². The van der Waals surface area contributed by atoms with E-state index in [9.17, 15) is 14.4 Å². The highest BCUT2D eigenvalue weighted by molar-refractivity contribution is 5.97. The topological polar surface area (TPSA) is 94.1 Å². The van der Waals surface area contributed by atoms with Gasteiger partial charge in [-0.15, -0.1) is 0 Å². The highest BCUT2D eigenvalue weighted by Gasteiger charge is 2.59. The van der Waals surface area contributed by atoms with Crippen LogP contribution in [0.1, 0.15) is 103 Å². The summed E-state index contributed by atoms with van der Waals surface area (Å²) in [5, 5.41) is 7.08. The van der Waals surface area contributed by atoms with E-state index in [1.54, 1.807) is 6.92 Å². The molecular weight excluding hydrogens is 600 g/mol. The number of Topliss-reactive ketones (excluding diaryl/α,β-unsaturated/α-hetero) is 1. The van der Waals surface area contributed by atoms with Crippen molar-refractivity contribution in [2.45, 2.75) is 97.9 Å². The Labute approximate surface area is 284 Å². The molecule has 2 aromatic rings. The lowest BCUT2D eigenvalue weighted by Crippen LogP contribution is -2.51. The Kier molecular flexibility index (Phi) is 8.62. The van der Waals surface area contributed by atoms with Crippen LogP contribution in [0.15, 0.2) is 65.3 Å². The molecule has 3 fully saturated rings. The smallest absolute Gasteiger partial charge is 0.407 e. The van der Waals surface area contributed by atoms with Crippen molar-refractivity contribution >= 4 is 23.6 Å². The van der Waals surface area contributed by atoms with Crippen LogP contribution in [0.25, 0.3) is 11.1 Å². The molecule has 7 heteroatoms. The predicted octanol–water partition coefficient (Wildman–Crippen LogP) is 8.62. The van der Waals surface area contributed by atoms with E-state index in [0.29, 0.717) is 23.5 Å². The third kappa shape index (κ3) is 5.51. The Balaban J connectivity index is 0.976. The summed E-state index contributed by atoms with van der Waals surface area (Å²) < 4.78 is 5.71. The number of oxime groups is 1. The molecule has 0 saturated heterocycles. The summed E-state index contributed by atoms with van der Waals surface area (Å²) in [6, 6.07) is 15.5. The zero-order chi connectivity index (χ0) is 33.8. The molecule has 5 aliphatic carbocycles. The number of carbonyl (C=O) groups is 3. The predicted molar refractivity (Wildman–Crippen MR) is 186 cm³/mol. The summed E-state index contributed by atoms with van der Waals surface area (Å²) in [6.45, 7) is 10.5. The summed E-state index contributed by atoms with van der Waals surface area (Å²) in [5.74, 6) is 1.67. The molecule has 1 amide bonds. The van der Waals surface area contributed by atoms with Crippen LogP contribution in [0.2, 0.25) is 0 Å².